The number of anilines is 1. The van der Waals surface area contributed by atoms with E-state index in [0.717, 1.165) is 34.2 Å². The van der Waals surface area contributed by atoms with Gasteiger partial charge in [-0.15, -0.1) is 0 Å². The summed E-state index contributed by atoms with van der Waals surface area (Å²) in [5, 5.41) is 3.53. The van der Waals surface area contributed by atoms with Crippen LogP contribution >= 0.6 is 12.2 Å². The highest BCUT2D eigenvalue weighted by Crippen LogP contribution is 2.60. The van der Waals surface area contributed by atoms with Crippen LogP contribution in [0.3, 0.4) is 0 Å². The van der Waals surface area contributed by atoms with Gasteiger partial charge in [0, 0.05) is 11.1 Å². The van der Waals surface area contributed by atoms with Crippen LogP contribution in [0, 0.1) is 23.2 Å². The summed E-state index contributed by atoms with van der Waals surface area (Å²) in [4.78, 5) is 1.09. The maximum absolute atomic E-state index is 5.85. The first-order chi connectivity index (χ1) is 10.2. The molecule has 4 aliphatic carbocycles. The summed E-state index contributed by atoms with van der Waals surface area (Å²) < 4.78 is 5.21. The van der Waals surface area contributed by atoms with E-state index in [4.69, 9.17) is 17.0 Å². The van der Waals surface area contributed by atoms with Gasteiger partial charge in [-0.3, -0.25) is 0 Å². The van der Waals surface area contributed by atoms with E-state index < -0.39 is 0 Å². The fourth-order valence-electron chi connectivity index (χ4n) is 5.33. The standard InChI is InChI=1S/C18H23NOS/c1-20-16-4-2-15(3-5-16)19-17(21)18-9-12-6-13(10-18)8-14(7-12)11-18/h2-5,12-14H,6-11H2,1H3,(H,19,21). The van der Waals surface area contributed by atoms with Gasteiger partial charge < -0.3 is 10.1 Å². The van der Waals surface area contributed by atoms with Crippen molar-refractivity contribution < 1.29 is 4.74 Å². The Morgan fingerprint density at radius 2 is 1.57 bits per heavy atom. The molecule has 112 valence electrons. The number of benzene rings is 1. The molecule has 0 amide bonds. The van der Waals surface area contributed by atoms with Gasteiger partial charge in [0.2, 0.25) is 0 Å². The molecule has 0 unspecified atom stereocenters. The minimum atomic E-state index is 0.296. The molecule has 1 aromatic rings. The van der Waals surface area contributed by atoms with E-state index in [1.165, 1.54) is 38.5 Å². The van der Waals surface area contributed by atoms with Gasteiger partial charge in [0.15, 0.2) is 0 Å². The number of hydrogen-bond acceptors (Lipinski definition) is 2. The van der Waals surface area contributed by atoms with Crippen molar-refractivity contribution in [2.24, 2.45) is 23.2 Å². The highest BCUT2D eigenvalue weighted by molar-refractivity contribution is 7.80. The maximum atomic E-state index is 5.85. The zero-order valence-electron chi connectivity index (χ0n) is 12.6. The Morgan fingerprint density at radius 1 is 1.05 bits per heavy atom. The van der Waals surface area contributed by atoms with Crippen molar-refractivity contribution >= 4 is 22.9 Å². The van der Waals surface area contributed by atoms with E-state index in [-0.39, 0.29) is 0 Å². The average Bonchev–Trinajstić information content (AvgIpc) is 2.46. The Hall–Kier alpha value is -1.09. The minimum absolute atomic E-state index is 0.296. The second-order valence-electron chi connectivity index (χ2n) is 7.38. The molecular formula is C18H23NOS. The van der Waals surface area contributed by atoms with Gasteiger partial charge in [-0.1, -0.05) is 12.2 Å². The van der Waals surface area contributed by atoms with Crippen molar-refractivity contribution in [3.8, 4) is 5.75 Å². The van der Waals surface area contributed by atoms with Crippen molar-refractivity contribution in [2.45, 2.75) is 38.5 Å². The van der Waals surface area contributed by atoms with E-state index in [1.807, 2.05) is 12.1 Å². The third kappa shape index (κ3) is 2.36. The number of hydrogen-bond donors (Lipinski definition) is 1. The van der Waals surface area contributed by atoms with E-state index in [1.54, 1.807) is 7.11 Å². The average molecular weight is 301 g/mol. The van der Waals surface area contributed by atoms with Gasteiger partial charge in [-0.05, 0) is 80.5 Å². The summed E-state index contributed by atoms with van der Waals surface area (Å²) in [5.41, 5.74) is 1.39. The van der Waals surface area contributed by atoms with Crippen LogP contribution in [0.4, 0.5) is 5.69 Å². The van der Waals surface area contributed by atoms with E-state index in [0.29, 0.717) is 5.41 Å². The molecule has 0 spiro atoms. The van der Waals surface area contributed by atoms with Crippen molar-refractivity contribution in [3.63, 3.8) is 0 Å². The van der Waals surface area contributed by atoms with E-state index in [2.05, 4.69) is 17.4 Å². The van der Waals surface area contributed by atoms with Gasteiger partial charge in [0.05, 0.1) is 12.1 Å². The molecule has 5 rings (SSSR count). The van der Waals surface area contributed by atoms with Crippen molar-refractivity contribution in [3.05, 3.63) is 24.3 Å². The van der Waals surface area contributed by atoms with Gasteiger partial charge in [0.25, 0.3) is 0 Å². The molecule has 1 aromatic carbocycles. The molecule has 21 heavy (non-hydrogen) atoms. The SMILES string of the molecule is COc1ccc(NC(=S)C23CC4CC(CC(C4)C2)C3)cc1. The summed E-state index contributed by atoms with van der Waals surface area (Å²) in [6.45, 7) is 0. The third-order valence-corrected chi connectivity index (χ3v) is 6.40. The Labute approximate surface area is 132 Å². The number of nitrogens with one attached hydrogen (secondary N) is 1. The van der Waals surface area contributed by atoms with Crippen LogP contribution in [-0.4, -0.2) is 12.1 Å². The van der Waals surface area contributed by atoms with Crippen LogP contribution in [0.2, 0.25) is 0 Å². The first-order valence-electron chi connectivity index (χ1n) is 8.12. The zero-order chi connectivity index (χ0) is 14.4. The highest BCUT2D eigenvalue weighted by atomic mass is 32.1. The second kappa shape index (κ2) is 4.98. The molecule has 4 aliphatic rings. The lowest BCUT2D eigenvalue weighted by Gasteiger charge is -2.56. The van der Waals surface area contributed by atoms with Crippen LogP contribution in [0.15, 0.2) is 24.3 Å². The third-order valence-electron chi connectivity index (χ3n) is 5.87. The molecule has 0 aromatic heterocycles. The van der Waals surface area contributed by atoms with Crippen LogP contribution in [0.5, 0.6) is 5.75 Å². The second-order valence-corrected chi connectivity index (χ2v) is 7.79. The molecule has 0 atom stereocenters. The maximum Gasteiger partial charge on any atom is 0.119 e. The minimum Gasteiger partial charge on any atom is -0.497 e. The van der Waals surface area contributed by atoms with E-state index in [9.17, 15) is 0 Å². The molecule has 0 saturated heterocycles. The molecule has 0 aliphatic heterocycles. The van der Waals surface area contributed by atoms with Crippen LogP contribution < -0.4 is 10.1 Å². The first-order valence-corrected chi connectivity index (χ1v) is 8.53. The van der Waals surface area contributed by atoms with Crippen molar-refractivity contribution in [2.75, 3.05) is 12.4 Å². The van der Waals surface area contributed by atoms with Crippen molar-refractivity contribution in [1.29, 1.82) is 0 Å². The Bertz CT molecular complexity index is 516. The molecule has 1 N–H and O–H groups in total. The number of thiocarbonyl (C=S) groups is 1. The lowest BCUT2D eigenvalue weighted by molar-refractivity contribution is -0.0110. The van der Waals surface area contributed by atoms with Gasteiger partial charge in [-0.2, -0.15) is 0 Å². The first kappa shape index (κ1) is 13.6. The molecule has 2 nitrogen and oxygen atoms in total. The molecule has 0 radical (unpaired) electrons. The quantitative estimate of drug-likeness (QED) is 0.821. The molecule has 0 heterocycles. The zero-order valence-corrected chi connectivity index (χ0v) is 13.4. The van der Waals surface area contributed by atoms with Gasteiger partial charge in [-0.25, -0.2) is 0 Å². The Balaban J connectivity index is 1.51. The predicted octanol–water partition coefficient (Wildman–Crippen LogP) is 4.65. The Kier molecular flexibility index (Phi) is 3.21. The van der Waals surface area contributed by atoms with Crippen LogP contribution in [0.25, 0.3) is 0 Å². The summed E-state index contributed by atoms with van der Waals surface area (Å²) in [6, 6.07) is 8.10. The fourth-order valence-corrected chi connectivity index (χ4v) is 5.69. The van der Waals surface area contributed by atoms with Gasteiger partial charge >= 0.3 is 0 Å². The molecule has 4 bridgehead atoms. The van der Waals surface area contributed by atoms with E-state index >= 15 is 0 Å². The number of methoxy groups -OCH3 is 1. The summed E-state index contributed by atoms with van der Waals surface area (Å²) in [6.07, 6.45) is 8.35. The molecular weight excluding hydrogens is 278 g/mol. The smallest absolute Gasteiger partial charge is 0.119 e. The molecule has 3 heteroatoms. The van der Waals surface area contributed by atoms with Crippen molar-refractivity contribution in [1.82, 2.24) is 0 Å². The monoisotopic (exact) mass is 301 g/mol. The predicted molar refractivity (Wildman–Crippen MR) is 89.8 cm³/mol. The fraction of sp³-hybridized carbons (Fsp3) is 0.611. The van der Waals surface area contributed by atoms with Crippen LogP contribution in [0.1, 0.15) is 38.5 Å². The highest BCUT2D eigenvalue weighted by Gasteiger charge is 2.52. The Morgan fingerprint density at radius 3 is 2.05 bits per heavy atom. The van der Waals surface area contributed by atoms with Gasteiger partial charge in [0.1, 0.15) is 5.75 Å². The number of ether oxygens (including phenoxy) is 1. The summed E-state index contributed by atoms with van der Waals surface area (Å²) >= 11 is 5.85. The normalized spacial score (nSPS) is 36.5. The van der Waals surface area contributed by atoms with Crippen LogP contribution in [-0.2, 0) is 0 Å². The molecule has 4 fully saturated rings. The summed E-state index contributed by atoms with van der Waals surface area (Å²) in [5.74, 6) is 3.70. The topological polar surface area (TPSA) is 21.3 Å². The molecule has 4 saturated carbocycles. The number of rotatable bonds is 3. The largest absolute Gasteiger partial charge is 0.497 e. The summed E-state index contributed by atoms with van der Waals surface area (Å²) in [7, 11) is 1.70. The lowest BCUT2D eigenvalue weighted by Crippen LogP contribution is -2.51. The lowest BCUT2D eigenvalue weighted by atomic mass is 9.49.